The topological polar surface area (TPSA) is 53.7 Å². The monoisotopic (exact) mass is 525 g/mol. The molecule has 0 radical (unpaired) electrons. The molecule has 1 aliphatic rings. The van der Waals surface area contributed by atoms with Crippen molar-refractivity contribution in [2.75, 3.05) is 26.2 Å². The fourth-order valence-corrected chi connectivity index (χ4v) is 4.63. The summed E-state index contributed by atoms with van der Waals surface area (Å²) in [5, 5.41) is 3.90. The quantitative estimate of drug-likeness (QED) is 0.317. The minimum Gasteiger partial charge on any atom is -0.336 e. The van der Waals surface area contributed by atoms with Crippen LogP contribution in [0, 0.1) is 5.82 Å². The number of piperazine rings is 1. The number of nitrogens with zero attached hydrogens (tertiary/aromatic N) is 5. The Bertz CT molecular complexity index is 1440. The number of fused-ring (bicyclic) bond motifs is 1. The second-order valence-corrected chi connectivity index (χ2v) is 9.79. The zero-order valence-electron chi connectivity index (χ0n) is 21.0. The molecule has 6 nitrogen and oxygen atoms in total. The Balaban J connectivity index is 1.41. The Morgan fingerprint density at radius 2 is 1.63 bits per heavy atom. The third kappa shape index (κ3) is 5.26. The highest BCUT2D eigenvalue weighted by atomic mass is 19.4. The molecular weight excluding hydrogens is 498 g/mol. The first-order valence-electron chi connectivity index (χ1n) is 12.4. The lowest BCUT2D eigenvalue weighted by Gasteiger charge is -2.34. The summed E-state index contributed by atoms with van der Waals surface area (Å²) in [6.45, 7) is 6.66. The molecule has 1 amide bonds. The van der Waals surface area contributed by atoms with Gasteiger partial charge < -0.3 is 4.90 Å². The second kappa shape index (κ2) is 10.2. The van der Waals surface area contributed by atoms with Crippen LogP contribution >= 0.6 is 0 Å². The minimum absolute atomic E-state index is 0.0307. The molecule has 1 aliphatic heterocycles. The first-order valence-corrected chi connectivity index (χ1v) is 12.4. The molecule has 0 atom stereocenters. The van der Waals surface area contributed by atoms with E-state index in [9.17, 15) is 22.4 Å². The molecule has 10 heteroatoms. The Morgan fingerprint density at radius 3 is 2.24 bits per heavy atom. The van der Waals surface area contributed by atoms with Gasteiger partial charge in [-0.3, -0.25) is 9.69 Å². The van der Waals surface area contributed by atoms with Crippen molar-refractivity contribution in [2.45, 2.75) is 32.5 Å². The number of aromatic nitrogens is 3. The normalized spacial score (nSPS) is 15.0. The summed E-state index contributed by atoms with van der Waals surface area (Å²) in [5.41, 5.74) is 1.59. The number of hydrogen-bond donors (Lipinski definition) is 0. The van der Waals surface area contributed by atoms with E-state index >= 15 is 0 Å². The zero-order valence-corrected chi connectivity index (χ0v) is 21.0. The van der Waals surface area contributed by atoms with Crippen molar-refractivity contribution in [3.63, 3.8) is 0 Å². The first-order chi connectivity index (χ1) is 18.1. The molecule has 0 N–H and O–H groups in total. The fraction of sp³-hybridized carbons (Fsp3) is 0.321. The van der Waals surface area contributed by atoms with Crippen molar-refractivity contribution >= 4 is 11.6 Å². The highest BCUT2D eigenvalue weighted by Crippen LogP contribution is 2.33. The Kier molecular flexibility index (Phi) is 6.92. The number of carbonyl (C=O) groups excluding carboxylic acids is 1. The van der Waals surface area contributed by atoms with Gasteiger partial charge in [0.05, 0.1) is 11.9 Å². The number of benzene rings is 2. The molecule has 38 heavy (non-hydrogen) atoms. The largest absolute Gasteiger partial charge is 0.433 e. The van der Waals surface area contributed by atoms with E-state index in [0.717, 1.165) is 23.4 Å². The molecule has 3 heterocycles. The zero-order chi connectivity index (χ0) is 27.0. The van der Waals surface area contributed by atoms with Crippen LogP contribution in [0.3, 0.4) is 0 Å². The average Bonchev–Trinajstić information content (AvgIpc) is 3.33. The number of halogens is 4. The van der Waals surface area contributed by atoms with Gasteiger partial charge in [-0.15, -0.1) is 0 Å². The van der Waals surface area contributed by atoms with E-state index in [1.54, 1.807) is 29.2 Å². The van der Waals surface area contributed by atoms with E-state index in [-0.39, 0.29) is 28.6 Å². The van der Waals surface area contributed by atoms with Crippen molar-refractivity contribution in [1.82, 2.24) is 24.4 Å². The van der Waals surface area contributed by atoms with Gasteiger partial charge in [-0.1, -0.05) is 50.2 Å². The number of carbonyl (C=O) groups is 1. The lowest BCUT2D eigenvalue weighted by Crippen LogP contribution is -2.48. The third-order valence-corrected chi connectivity index (χ3v) is 6.84. The summed E-state index contributed by atoms with van der Waals surface area (Å²) in [6, 6.07) is 14.5. The van der Waals surface area contributed by atoms with Crippen LogP contribution < -0.4 is 0 Å². The van der Waals surface area contributed by atoms with Crippen molar-refractivity contribution in [2.24, 2.45) is 0 Å². The molecule has 0 spiro atoms. The molecule has 0 unspecified atom stereocenters. The predicted molar refractivity (Wildman–Crippen MR) is 135 cm³/mol. The highest BCUT2D eigenvalue weighted by molar-refractivity contribution is 6.00. The molecule has 0 aliphatic carbocycles. The van der Waals surface area contributed by atoms with Crippen LogP contribution in [0.4, 0.5) is 17.6 Å². The minimum atomic E-state index is -4.69. The van der Waals surface area contributed by atoms with Crippen LogP contribution in [0.2, 0.25) is 0 Å². The van der Waals surface area contributed by atoms with E-state index in [4.69, 9.17) is 0 Å². The van der Waals surface area contributed by atoms with Crippen LogP contribution in [-0.2, 0) is 12.7 Å². The number of alkyl halides is 3. The van der Waals surface area contributed by atoms with Crippen LogP contribution in [0.15, 0.2) is 60.8 Å². The Morgan fingerprint density at radius 1 is 0.974 bits per heavy atom. The molecular formula is C28H27F4N5O. The van der Waals surface area contributed by atoms with Gasteiger partial charge in [0.2, 0.25) is 0 Å². The maximum absolute atomic E-state index is 14.0. The molecule has 2 aromatic carbocycles. The van der Waals surface area contributed by atoms with Crippen LogP contribution in [0.25, 0.3) is 16.9 Å². The number of rotatable bonds is 5. The molecule has 2 aromatic heterocycles. The van der Waals surface area contributed by atoms with E-state index in [1.807, 2.05) is 26.0 Å². The maximum atomic E-state index is 14.0. The Hall–Kier alpha value is -3.79. The summed E-state index contributed by atoms with van der Waals surface area (Å²) in [6.07, 6.45) is -3.53. The summed E-state index contributed by atoms with van der Waals surface area (Å²) in [5.74, 6) is -0.426. The molecule has 0 saturated carbocycles. The maximum Gasteiger partial charge on any atom is 0.433 e. The molecule has 1 saturated heterocycles. The fourth-order valence-electron chi connectivity index (χ4n) is 4.63. The van der Waals surface area contributed by atoms with Crippen molar-refractivity contribution in [3.05, 3.63) is 89.0 Å². The van der Waals surface area contributed by atoms with Crippen molar-refractivity contribution in [3.8, 4) is 11.3 Å². The standard InChI is InChI=1S/C28H27F4N5O/c1-18(2)20-5-7-21(8-6-20)24-15-25(28(30,31)32)37-26(34-24)23(16-33-37)27(38)36-13-11-35(12-14-36)17-19-3-9-22(29)10-4-19/h3-10,15-16,18H,11-14,17H2,1-2H3. The van der Waals surface area contributed by atoms with Crippen LogP contribution in [0.5, 0.6) is 0 Å². The number of amides is 1. The number of hydrogen-bond acceptors (Lipinski definition) is 4. The highest BCUT2D eigenvalue weighted by Gasteiger charge is 2.36. The molecule has 1 fully saturated rings. The lowest BCUT2D eigenvalue weighted by atomic mass is 10.0. The smallest absolute Gasteiger partial charge is 0.336 e. The van der Waals surface area contributed by atoms with Crippen LogP contribution in [-0.4, -0.2) is 56.5 Å². The molecule has 4 aromatic rings. The second-order valence-electron chi connectivity index (χ2n) is 9.79. The van der Waals surface area contributed by atoms with Crippen molar-refractivity contribution < 1.29 is 22.4 Å². The van der Waals surface area contributed by atoms with Crippen molar-refractivity contribution in [1.29, 1.82) is 0 Å². The van der Waals surface area contributed by atoms with E-state index in [2.05, 4.69) is 15.0 Å². The molecule has 198 valence electrons. The first kappa shape index (κ1) is 25.8. The van der Waals surface area contributed by atoms with Gasteiger partial charge in [0.1, 0.15) is 11.4 Å². The average molecular weight is 526 g/mol. The van der Waals surface area contributed by atoms with Crippen LogP contribution in [0.1, 0.15) is 46.9 Å². The summed E-state index contributed by atoms with van der Waals surface area (Å²) < 4.78 is 55.8. The third-order valence-electron chi connectivity index (χ3n) is 6.84. The van der Waals surface area contributed by atoms with Gasteiger partial charge in [0, 0.05) is 38.3 Å². The van der Waals surface area contributed by atoms with E-state index in [0.29, 0.717) is 42.8 Å². The summed E-state index contributed by atoms with van der Waals surface area (Å²) in [7, 11) is 0. The predicted octanol–water partition coefficient (Wildman–Crippen LogP) is 5.64. The SMILES string of the molecule is CC(C)c1ccc(-c2cc(C(F)(F)F)n3ncc(C(=O)N4CCN(Cc5ccc(F)cc5)CC4)c3n2)cc1. The Labute approximate surface area is 217 Å². The van der Waals surface area contributed by atoms with Gasteiger partial charge in [-0.05, 0) is 35.2 Å². The van der Waals surface area contributed by atoms with E-state index in [1.165, 1.54) is 12.1 Å². The van der Waals surface area contributed by atoms with Gasteiger partial charge in [0.15, 0.2) is 11.3 Å². The summed E-state index contributed by atoms with van der Waals surface area (Å²) >= 11 is 0. The van der Waals surface area contributed by atoms with Gasteiger partial charge in [-0.2, -0.15) is 18.3 Å². The summed E-state index contributed by atoms with van der Waals surface area (Å²) in [4.78, 5) is 21.6. The molecule has 5 rings (SSSR count). The van der Waals surface area contributed by atoms with Gasteiger partial charge in [-0.25, -0.2) is 13.9 Å². The molecule has 0 bridgehead atoms. The van der Waals surface area contributed by atoms with E-state index < -0.39 is 17.8 Å². The lowest BCUT2D eigenvalue weighted by molar-refractivity contribution is -0.142. The van der Waals surface area contributed by atoms with Gasteiger partial charge in [0.25, 0.3) is 5.91 Å². The van der Waals surface area contributed by atoms with Gasteiger partial charge >= 0.3 is 6.18 Å².